The van der Waals surface area contributed by atoms with E-state index in [4.69, 9.17) is 9.73 Å². The van der Waals surface area contributed by atoms with E-state index in [1.54, 1.807) is 30.3 Å². The molecule has 7 nitrogen and oxygen atoms in total. The van der Waals surface area contributed by atoms with E-state index in [0.29, 0.717) is 34.0 Å². The molecular weight excluding hydrogens is 519 g/mol. The van der Waals surface area contributed by atoms with Crippen LogP contribution in [0.25, 0.3) is 0 Å². The molecule has 41 heavy (non-hydrogen) atoms. The molecule has 0 fully saturated rings. The van der Waals surface area contributed by atoms with E-state index in [9.17, 15) is 14.0 Å². The molecule has 1 aliphatic heterocycles. The zero-order valence-electron chi connectivity index (χ0n) is 23.1. The Morgan fingerprint density at radius 3 is 2.51 bits per heavy atom. The molecule has 0 bridgehead atoms. The number of anilines is 1. The highest BCUT2D eigenvalue weighted by molar-refractivity contribution is 6.24. The standard InChI is InChI=1S/C33H31FN4O3/c1-38(2)20-21-11-14-25(15-12-21)36-31(30-26-16-13-24(34)18-28(26)37-33(30)40)23-8-6-7-22(17-23)19-35-32(39)27-9-4-5-10-29(27)41-3/h4-18,30H,19-20H2,1-3H3,(H,35,39)(H,37,40). The topological polar surface area (TPSA) is 83.0 Å². The summed E-state index contributed by atoms with van der Waals surface area (Å²) in [6.07, 6.45) is 0. The van der Waals surface area contributed by atoms with Gasteiger partial charge in [-0.1, -0.05) is 48.5 Å². The van der Waals surface area contributed by atoms with Gasteiger partial charge in [0.2, 0.25) is 5.91 Å². The minimum atomic E-state index is -0.731. The maximum atomic E-state index is 14.0. The Morgan fingerprint density at radius 2 is 1.76 bits per heavy atom. The predicted molar refractivity (Wildman–Crippen MR) is 158 cm³/mol. The van der Waals surface area contributed by atoms with Gasteiger partial charge in [-0.25, -0.2) is 4.39 Å². The highest BCUT2D eigenvalue weighted by Gasteiger charge is 2.35. The Labute approximate surface area is 238 Å². The number of carbonyl (C=O) groups excluding carboxylic acids is 2. The molecule has 1 heterocycles. The van der Waals surface area contributed by atoms with Crippen molar-refractivity contribution in [2.75, 3.05) is 26.5 Å². The smallest absolute Gasteiger partial charge is 0.255 e. The Bertz CT molecular complexity index is 1620. The molecule has 0 saturated heterocycles. The number of hydrogen-bond donors (Lipinski definition) is 2. The van der Waals surface area contributed by atoms with Crippen LogP contribution in [0.2, 0.25) is 0 Å². The van der Waals surface area contributed by atoms with E-state index in [-0.39, 0.29) is 18.4 Å². The van der Waals surface area contributed by atoms with Crippen molar-refractivity contribution in [3.63, 3.8) is 0 Å². The number of aliphatic imine (C=N–C) groups is 1. The average Bonchev–Trinajstić information content (AvgIpc) is 3.29. The molecule has 0 aliphatic carbocycles. The van der Waals surface area contributed by atoms with Crippen molar-refractivity contribution in [3.05, 3.63) is 125 Å². The second-order valence-electron chi connectivity index (χ2n) is 10.1. The quantitative estimate of drug-likeness (QED) is 0.263. The normalized spacial score (nSPS) is 14.5. The van der Waals surface area contributed by atoms with Crippen LogP contribution >= 0.6 is 0 Å². The minimum Gasteiger partial charge on any atom is -0.496 e. The second-order valence-corrected chi connectivity index (χ2v) is 10.1. The third-order valence-electron chi connectivity index (χ3n) is 6.83. The Hall–Kier alpha value is -4.82. The summed E-state index contributed by atoms with van der Waals surface area (Å²) in [4.78, 5) is 33.2. The van der Waals surface area contributed by atoms with Gasteiger partial charge < -0.3 is 20.3 Å². The number of benzene rings is 4. The number of methoxy groups -OCH3 is 1. The minimum absolute atomic E-state index is 0.259. The van der Waals surface area contributed by atoms with Crippen molar-refractivity contribution in [2.45, 2.75) is 19.0 Å². The fourth-order valence-electron chi connectivity index (χ4n) is 4.93. The number of carbonyl (C=O) groups is 2. The molecule has 5 rings (SSSR count). The highest BCUT2D eigenvalue weighted by atomic mass is 19.1. The van der Waals surface area contributed by atoms with Crippen LogP contribution in [-0.4, -0.2) is 43.6 Å². The van der Waals surface area contributed by atoms with E-state index in [1.807, 2.05) is 62.6 Å². The molecule has 1 atom stereocenters. The summed E-state index contributed by atoms with van der Waals surface area (Å²) in [6, 6.07) is 26.8. The number of fused-ring (bicyclic) bond motifs is 1. The van der Waals surface area contributed by atoms with Crippen LogP contribution in [0.3, 0.4) is 0 Å². The monoisotopic (exact) mass is 550 g/mol. The van der Waals surface area contributed by atoms with Gasteiger partial charge >= 0.3 is 0 Å². The maximum Gasteiger partial charge on any atom is 0.255 e. The molecule has 1 unspecified atom stereocenters. The number of rotatable bonds is 9. The average molecular weight is 551 g/mol. The van der Waals surface area contributed by atoms with Crippen molar-refractivity contribution in [1.82, 2.24) is 10.2 Å². The van der Waals surface area contributed by atoms with E-state index in [1.165, 1.54) is 19.2 Å². The summed E-state index contributed by atoms with van der Waals surface area (Å²) in [7, 11) is 5.54. The lowest BCUT2D eigenvalue weighted by molar-refractivity contribution is -0.115. The lowest BCUT2D eigenvalue weighted by Gasteiger charge is -2.16. The Morgan fingerprint density at radius 1 is 0.976 bits per heavy atom. The lowest BCUT2D eigenvalue weighted by Crippen LogP contribution is -2.24. The van der Waals surface area contributed by atoms with Crippen molar-refractivity contribution >= 4 is 28.9 Å². The number of hydrogen-bond acceptors (Lipinski definition) is 5. The van der Waals surface area contributed by atoms with Crippen LogP contribution in [0, 0.1) is 5.82 Å². The maximum absolute atomic E-state index is 14.0. The molecule has 4 aromatic rings. The van der Waals surface area contributed by atoms with Crippen molar-refractivity contribution in [2.24, 2.45) is 4.99 Å². The van der Waals surface area contributed by atoms with Gasteiger partial charge in [-0.15, -0.1) is 0 Å². The fraction of sp³-hybridized carbons (Fsp3) is 0.182. The third kappa shape index (κ3) is 6.34. The van der Waals surface area contributed by atoms with Crippen LogP contribution in [0.15, 0.2) is 96.0 Å². The van der Waals surface area contributed by atoms with Crippen LogP contribution in [0.1, 0.15) is 38.5 Å². The van der Waals surface area contributed by atoms with Gasteiger partial charge in [-0.3, -0.25) is 14.6 Å². The Kier molecular flexibility index (Phi) is 8.21. The predicted octanol–water partition coefficient (Wildman–Crippen LogP) is 5.68. The first-order valence-corrected chi connectivity index (χ1v) is 13.3. The number of halogens is 1. The van der Waals surface area contributed by atoms with Crippen LogP contribution in [-0.2, 0) is 17.9 Å². The van der Waals surface area contributed by atoms with Crippen LogP contribution in [0.4, 0.5) is 15.8 Å². The van der Waals surface area contributed by atoms with Crippen molar-refractivity contribution < 1.29 is 18.7 Å². The van der Waals surface area contributed by atoms with Gasteiger partial charge in [0.05, 0.1) is 24.1 Å². The van der Waals surface area contributed by atoms with Gasteiger partial charge in [0.1, 0.15) is 17.5 Å². The second kappa shape index (κ2) is 12.1. The fourth-order valence-corrected chi connectivity index (χ4v) is 4.93. The molecule has 0 aromatic heterocycles. The molecule has 4 aromatic carbocycles. The van der Waals surface area contributed by atoms with Crippen LogP contribution < -0.4 is 15.4 Å². The number of ether oxygens (including phenoxy) is 1. The largest absolute Gasteiger partial charge is 0.496 e. The first-order valence-electron chi connectivity index (χ1n) is 13.3. The summed E-state index contributed by atoms with van der Waals surface area (Å²) in [5.41, 5.74) is 5.47. The molecule has 0 radical (unpaired) electrons. The summed E-state index contributed by atoms with van der Waals surface area (Å²) in [5.74, 6) is -1.20. The Balaban J connectivity index is 1.48. The molecule has 0 saturated carbocycles. The van der Waals surface area contributed by atoms with E-state index in [0.717, 1.165) is 23.2 Å². The molecule has 1 aliphatic rings. The van der Waals surface area contributed by atoms with Crippen LogP contribution in [0.5, 0.6) is 5.75 Å². The molecule has 0 spiro atoms. The number of nitrogens with one attached hydrogen (secondary N) is 2. The third-order valence-corrected chi connectivity index (χ3v) is 6.83. The van der Waals surface area contributed by atoms with E-state index >= 15 is 0 Å². The molecule has 8 heteroatoms. The highest BCUT2D eigenvalue weighted by Crippen LogP contribution is 2.37. The van der Waals surface area contributed by atoms with Gasteiger partial charge in [0.15, 0.2) is 0 Å². The first kappa shape index (κ1) is 27.7. The number of para-hydroxylation sites is 1. The molecular formula is C33H31FN4O3. The van der Waals surface area contributed by atoms with Gasteiger partial charge in [-0.05, 0) is 78.8 Å². The van der Waals surface area contributed by atoms with Crippen molar-refractivity contribution in [1.29, 1.82) is 0 Å². The summed E-state index contributed by atoms with van der Waals surface area (Å²) in [6.45, 7) is 1.05. The lowest BCUT2D eigenvalue weighted by atomic mass is 9.90. The SMILES string of the molecule is COc1ccccc1C(=O)NCc1cccc(C(=Nc2ccc(CN(C)C)cc2)C2C(=O)Nc3cc(F)ccc32)c1. The number of amides is 2. The molecule has 208 valence electrons. The summed E-state index contributed by atoms with van der Waals surface area (Å²) >= 11 is 0. The zero-order chi connectivity index (χ0) is 28.9. The molecule has 2 N–H and O–H groups in total. The summed E-state index contributed by atoms with van der Waals surface area (Å²) in [5, 5.41) is 5.75. The van der Waals surface area contributed by atoms with E-state index < -0.39 is 11.7 Å². The van der Waals surface area contributed by atoms with Gasteiger partial charge in [0.25, 0.3) is 5.91 Å². The number of nitrogens with zero attached hydrogens (tertiary/aromatic N) is 2. The van der Waals surface area contributed by atoms with Gasteiger partial charge in [-0.2, -0.15) is 0 Å². The van der Waals surface area contributed by atoms with E-state index in [2.05, 4.69) is 15.5 Å². The zero-order valence-corrected chi connectivity index (χ0v) is 23.1. The van der Waals surface area contributed by atoms with Crippen molar-refractivity contribution in [3.8, 4) is 5.75 Å². The summed E-state index contributed by atoms with van der Waals surface area (Å²) < 4.78 is 19.3. The molecule has 2 amide bonds. The first-order chi connectivity index (χ1) is 19.8. The van der Waals surface area contributed by atoms with Gasteiger partial charge in [0, 0.05) is 18.8 Å².